The second-order valence-electron chi connectivity index (χ2n) is 4.68. The topological polar surface area (TPSA) is 20.7 Å². The minimum Gasteiger partial charge on any atom is -0.337 e. The van der Waals surface area contributed by atoms with Gasteiger partial charge in [-0.15, -0.1) is 0 Å². The lowest BCUT2D eigenvalue weighted by Crippen LogP contribution is -2.05. The second-order valence-corrected chi connectivity index (χ2v) is 5.07. The third-order valence-corrected chi connectivity index (χ3v) is 3.95. The SMILES string of the molecule is Fc1ccc(F)c(C[C@H]2CCn3c2c[nH]c3=S)c1F. The molecule has 0 amide bonds. The molecule has 1 atom stereocenters. The van der Waals surface area contributed by atoms with Gasteiger partial charge in [-0.05, 0) is 37.2 Å². The fourth-order valence-electron chi connectivity index (χ4n) is 2.62. The number of aromatic nitrogens is 2. The number of hydrogen-bond acceptors (Lipinski definition) is 1. The fourth-order valence-corrected chi connectivity index (χ4v) is 2.88. The summed E-state index contributed by atoms with van der Waals surface area (Å²) in [6.45, 7) is 0.723. The lowest BCUT2D eigenvalue weighted by Gasteiger charge is -2.11. The molecule has 2 nitrogen and oxygen atoms in total. The summed E-state index contributed by atoms with van der Waals surface area (Å²) in [5, 5.41) is 0. The van der Waals surface area contributed by atoms with Crippen LogP contribution in [-0.4, -0.2) is 9.55 Å². The smallest absolute Gasteiger partial charge is 0.177 e. The van der Waals surface area contributed by atoms with Crippen molar-refractivity contribution in [1.82, 2.24) is 9.55 Å². The van der Waals surface area contributed by atoms with Crippen LogP contribution in [0.1, 0.15) is 23.6 Å². The largest absolute Gasteiger partial charge is 0.337 e. The highest BCUT2D eigenvalue weighted by Gasteiger charge is 2.26. The van der Waals surface area contributed by atoms with Crippen molar-refractivity contribution in [3.8, 4) is 0 Å². The summed E-state index contributed by atoms with van der Waals surface area (Å²) in [7, 11) is 0. The molecule has 0 radical (unpaired) electrons. The molecular weight excluding hydrogens is 273 g/mol. The average molecular weight is 284 g/mol. The number of aromatic amines is 1. The van der Waals surface area contributed by atoms with Gasteiger partial charge in [0.15, 0.2) is 16.4 Å². The summed E-state index contributed by atoms with van der Waals surface area (Å²) in [6, 6.07) is 1.77. The average Bonchev–Trinajstić information content (AvgIpc) is 2.94. The van der Waals surface area contributed by atoms with Crippen molar-refractivity contribution in [2.45, 2.75) is 25.3 Å². The maximum atomic E-state index is 13.6. The first-order chi connectivity index (χ1) is 9.08. The third-order valence-electron chi connectivity index (χ3n) is 3.61. The Morgan fingerprint density at radius 3 is 2.79 bits per heavy atom. The van der Waals surface area contributed by atoms with Gasteiger partial charge in [0.2, 0.25) is 0 Å². The van der Waals surface area contributed by atoms with Gasteiger partial charge in [-0.2, -0.15) is 0 Å². The number of nitrogens with one attached hydrogen (secondary N) is 1. The van der Waals surface area contributed by atoms with Gasteiger partial charge in [-0.25, -0.2) is 13.2 Å². The number of benzene rings is 1. The Morgan fingerprint density at radius 2 is 2.00 bits per heavy atom. The first-order valence-corrected chi connectivity index (χ1v) is 6.39. The first-order valence-electron chi connectivity index (χ1n) is 5.98. The van der Waals surface area contributed by atoms with E-state index >= 15 is 0 Å². The van der Waals surface area contributed by atoms with Gasteiger partial charge in [-0.3, -0.25) is 0 Å². The van der Waals surface area contributed by atoms with Crippen LogP contribution in [0.3, 0.4) is 0 Å². The van der Waals surface area contributed by atoms with Gasteiger partial charge >= 0.3 is 0 Å². The predicted octanol–water partition coefficient (Wildman–Crippen LogP) is 3.69. The van der Waals surface area contributed by atoms with E-state index in [0.29, 0.717) is 4.77 Å². The van der Waals surface area contributed by atoms with Crippen LogP contribution in [-0.2, 0) is 13.0 Å². The molecule has 1 aliphatic heterocycles. The van der Waals surface area contributed by atoms with E-state index in [1.54, 1.807) is 6.20 Å². The lowest BCUT2D eigenvalue weighted by atomic mass is 9.95. The number of rotatable bonds is 2. The van der Waals surface area contributed by atoms with E-state index in [1.807, 2.05) is 4.57 Å². The number of nitrogens with zero attached hydrogens (tertiary/aromatic N) is 1. The van der Waals surface area contributed by atoms with E-state index in [-0.39, 0.29) is 17.9 Å². The van der Waals surface area contributed by atoms with Crippen molar-refractivity contribution in [2.75, 3.05) is 0 Å². The Balaban J connectivity index is 1.96. The molecule has 0 unspecified atom stereocenters. The zero-order valence-corrected chi connectivity index (χ0v) is 10.7. The summed E-state index contributed by atoms with van der Waals surface area (Å²) in [5.74, 6) is -2.85. The molecule has 100 valence electrons. The van der Waals surface area contributed by atoms with Gasteiger partial charge in [0.25, 0.3) is 0 Å². The number of imidazole rings is 1. The maximum absolute atomic E-state index is 13.6. The number of hydrogen-bond donors (Lipinski definition) is 1. The minimum absolute atomic E-state index is 0.0428. The highest BCUT2D eigenvalue weighted by atomic mass is 32.1. The van der Waals surface area contributed by atoms with Crippen molar-refractivity contribution in [3.05, 3.63) is 51.8 Å². The molecule has 0 spiro atoms. The normalized spacial score (nSPS) is 17.7. The Hall–Kier alpha value is -1.56. The van der Waals surface area contributed by atoms with Gasteiger partial charge < -0.3 is 9.55 Å². The molecular formula is C13H11F3N2S. The van der Waals surface area contributed by atoms with Crippen LogP contribution in [0.15, 0.2) is 18.3 Å². The number of halogens is 3. The summed E-state index contributed by atoms with van der Waals surface area (Å²) in [4.78, 5) is 2.91. The zero-order valence-electron chi connectivity index (χ0n) is 9.92. The van der Waals surface area contributed by atoms with Crippen LogP contribution < -0.4 is 0 Å². The van der Waals surface area contributed by atoms with Crippen molar-refractivity contribution in [2.24, 2.45) is 0 Å². The highest BCUT2D eigenvalue weighted by molar-refractivity contribution is 7.71. The predicted molar refractivity (Wildman–Crippen MR) is 67.0 cm³/mol. The van der Waals surface area contributed by atoms with Crippen LogP contribution in [0, 0.1) is 22.2 Å². The molecule has 3 rings (SSSR count). The number of fused-ring (bicyclic) bond motifs is 1. The highest BCUT2D eigenvalue weighted by Crippen LogP contribution is 2.32. The van der Waals surface area contributed by atoms with E-state index in [9.17, 15) is 13.2 Å². The van der Waals surface area contributed by atoms with E-state index < -0.39 is 17.5 Å². The van der Waals surface area contributed by atoms with Gasteiger partial charge in [0.1, 0.15) is 5.82 Å². The van der Waals surface area contributed by atoms with Crippen LogP contribution in [0.4, 0.5) is 13.2 Å². The van der Waals surface area contributed by atoms with Gasteiger partial charge in [-0.1, -0.05) is 0 Å². The third kappa shape index (κ3) is 2.00. The molecule has 1 aromatic heterocycles. The molecule has 2 aromatic rings. The van der Waals surface area contributed by atoms with Crippen molar-refractivity contribution in [1.29, 1.82) is 0 Å². The molecule has 0 fully saturated rings. The van der Waals surface area contributed by atoms with Crippen molar-refractivity contribution < 1.29 is 13.2 Å². The lowest BCUT2D eigenvalue weighted by molar-refractivity contribution is 0.471. The quantitative estimate of drug-likeness (QED) is 0.659. The summed E-state index contributed by atoms with van der Waals surface area (Å²) in [5.41, 5.74) is 0.735. The van der Waals surface area contributed by atoms with Gasteiger partial charge in [0.05, 0.1) is 0 Å². The molecule has 1 N–H and O–H groups in total. The monoisotopic (exact) mass is 284 g/mol. The molecule has 6 heteroatoms. The molecule has 19 heavy (non-hydrogen) atoms. The zero-order chi connectivity index (χ0) is 13.6. The van der Waals surface area contributed by atoms with Crippen LogP contribution in [0.5, 0.6) is 0 Å². The van der Waals surface area contributed by atoms with Crippen molar-refractivity contribution in [3.63, 3.8) is 0 Å². The molecule has 0 aliphatic carbocycles. The molecule has 1 aromatic carbocycles. The van der Waals surface area contributed by atoms with Crippen molar-refractivity contribution >= 4 is 12.2 Å². The molecule has 1 aliphatic rings. The Bertz CT molecular complexity index is 690. The second kappa shape index (κ2) is 4.52. The number of H-pyrrole nitrogens is 1. The van der Waals surface area contributed by atoms with E-state index in [1.165, 1.54) is 0 Å². The Labute approximate surface area is 112 Å². The molecule has 0 bridgehead atoms. The Kier molecular flexibility index (Phi) is 2.97. The van der Waals surface area contributed by atoms with E-state index in [4.69, 9.17) is 12.2 Å². The summed E-state index contributed by atoms with van der Waals surface area (Å²) < 4.78 is 43.0. The van der Waals surface area contributed by atoms with Gasteiger partial charge in [0, 0.05) is 29.9 Å². The van der Waals surface area contributed by atoms with Crippen LogP contribution in [0.2, 0.25) is 0 Å². The maximum Gasteiger partial charge on any atom is 0.177 e. The summed E-state index contributed by atoms with van der Waals surface area (Å²) >= 11 is 5.10. The van der Waals surface area contributed by atoms with E-state index in [0.717, 1.165) is 30.8 Å². The standard InChI is InChI=1S/C13H11F3N2S/c14-9-1-2-10(15)12(16)8(9)5-7-3-4-18-11(7)6-17-13(18)19/h1-2,6-7H,3-5H2,(H,17,19)/t7-/m1/s1. The van der Waals surface area contributed by atoms with Crippen LogP contribution in [0.25, 0.3) is 0 Å². The Morgan fingerprint density at radius 1 is 1.26 bits per heavy atom. The molecule has 0 saturated carbocycles. The molecule has 2 heterocycles. The fraction of sp³-hybridized carbons (Fsp3) is 0.308. The molecule has 0 saturated heterocycles. The summed E-state index contributed by atoms with van der Waals surface area (Å²) in [6.07, 6.45) is 2.65. The first kappa shape index (κ1) is 12.5. The minimum atomic E-state index is -1.09. The van der Waals surface area contributed by atoms with E-state index in [2.05, 4.69) is 4.98 Å². The van der Waals surface area contributed by atoms with Crippen LogP contribution >= 0.6 is 12.2 Å².